The number of piperazine rings is 1. The monoisotopic (exact) mass is 330 g/mol. The summed E-state index contributed by atoms with van der Waals surface area (Å²) < 4.78 is 15.1. The zero-order valence-corrected chi connectivity index (χ0v) is 13.9. The Kier molecular flexibility index (Phi) is 4.98. The fourth-order valence-corrected chi connectivity index (χ4v) is 2.86. The number of aryl methyl sites for hydroxylation is 1. The minimum atomic E-state index is -0.207. The average molecular weight is 330 g/mol. The molecule has 0 saturated carbocycles. The minimum Gasteiger partial charge on any atom is -0.370 e. The highest BCUT2D eigenvalue weighted by molar-refractivity contribution is 5.78. The first-order valence-electron chi connectivity index (χ1n) is 8.16. The lowest BCUT2D eigenvalue weighted by atomic mass is 10.2. The second-order valence-corrected chi connectivity index (χ2v) is 5.86. The smallest absolute Gasteiger partial charge is 0.191 e. The van der Waals surface area contributed by atoms with Crippen molar-refractivity contribution in [1.29, 1.82) is 0 Å². The third-order valence-corrected chi connectivity index (χ3v) is 4.33. The second kappa shape index (κ2) is 7.33. The SMILES string of the molecule is Cc1nccn1CCN=C(N)N1CCN(c2ccc(F)cc2)CC1. The molecule has 0 bridgehead atoms. The average Bonchev–Trinajstić information content (AvgIpc) is 3.01. The summed E-state index contributed by atoms with van der Waals surface area (Å²) in [5, 5.41) is 0. The van der Waals surface area contributed by atoms with E-state index >= 15 is 0 Å². The van der Waals surface area contributed by atoms with Crippen molar-refractivity contribution in [1.82, 2.24) is 14.5 Å². The Hall–Kier alpha value is -2.57. The lowest BCUT2D eigenvalue weighted by molar-refractivity contribution is 0.380. The molecule has 1 aromatic heterocycles. The van der Waals surface area contributed by atoms with Crippen LogP contribution in [0.1, 0.15) is 5.82 Å². The van der Waals surface area contributed by atoms with Gasteiger partial charge in [0.25, 0.3) is 0 Å². The highest BCUT2D eigenvalue weighted by Crippen LogP contribution is 2.16. The lowest BCUT2D eigenvalue weighted by Crippen LogP contribution is -2.51. The van der Waals surface area contributed by atoms with Gasteiger partial charge in [-0.05, 0) is 31.2 Å². The van der Waals surface area contributed by atoms with Crippen LogP contribution in [0.5, 0.6) is 0 Å². The van der Waals surface area contributed by atoms with E-state index in [1.807, 2.05) is 25.3 Å². The highest BCUT2D eigenvalue weighted by atomic mass is 19.1. The van der Waals surface area contributed by atoms with Gasteiger partial charge in [-0.2, -0.15) is 0 Å². The molecular formula is C17H23FN6. The van der Waals surface area contributed by atoms with E-state index in [1.54, 1.807) is 6.20 Å². The van der Waals surface area contributed by atoms with Gasteiger partial charge in [0.2, 0.25) is 0 Å². The molecule has 1 aromatic carbocycles. The second-order valence-electron chi connectivity index (χ2n) is 5.86. The van der Waals surface area contributed by atoms with Crippen LogP contribution in [0.3, 0.4) is 0 Å². The number of halogens is 1. The number of imidazole rings is 1. The van der Waals surface area contributed by atoms with Gasteiger partial charge in [-0.25, -0.2) is 9.37 Å². The van der Waals surface area contributed by atoms with E-state index in [4.69, 9.17) is 5.73 Å². The zero-order valence-electron chi connectivity index (χ0n) is 13.9. The van der Waals surface area contributed by atoms with E-state index in [-0.39, 0.29) is 5.82 Å². The van der Waals surface area contributed by atoms with Gasteiger partial charge in [-0.3, -0.25) is 4.99 Å². The number of anilines is 1. The molecule has 2 heterocycles. The molecule has 0 atom stereocenters. The first-order chi connectivity index (χ1) is 11.6. The number of benzene rings is 1. The van der Waals surface area contributed by atoms with E-state index in [9.17, 15) is 4.39 Å². The number of rotatable bonds is 4. The maximum absolute atomic E-state index is 13.0. The van der Waals surface area contributed by atoms with E-state index < -0.39 is 0 Å². The minimum absolute atomic E-state index is 0.207. The number of hydrogen-bond donors (Lipinski definition) is 1. The van der Waals surface area contributed by atoms with Crippen molar-refractivity contribution in [3.05, 3.63) is 48.3 Å². The number of nitrogens with zero attached hydrogens (tertiary/aromatic N) is 5. The first-order valence-corrected chi connectivity index (χ1v) is 8.16. The lowest BCUT2D eigenvalue weighted by Gasteiger charge is -2.36. The van der Waals surface area contributed by atoms with Crippen LogP contribution in [0, 0.1) is 12.7 Å². The van der Waals surface area contributed by atoms with Gasteiger partial charge >= 0.3 is 0 Å². The molecule has 1 fully saturated rings. The number of hydrogen-bond acceptors (Lipinski definition) is 3. The third kappa shape index (κ3) is 3.84. The molecular weight excluding hydrogens is 307 g/mol. The Morgan fingerprint density at radius 3 is 2.54 bits per heavy atom. The standard InChI is InChI=1S/C17H23FN6/c1-14-20-6-8-22(14)9-7-21-17(19)24-12-10-23(11-13-24)16-4-2-15(18)3-5-16/h2-6,8H,7,9-13H2,1H3,(H2,19,21). The van der Waals surface area contributed by atoms with Crippen molar-refractivity contribution >= 4 is 11.6 Å². The fraction of sp³-hybridized carbons (Fsp3) is 0.412. The maximum Gasteiger partial charge on any atom is 0.191 e. The molecule has 0 spiro atoms. The number of aromatic nitrogens is 2. The molecule has 0 radical (unpaired) electrons. The van der Waals surface area contributed by atoms with Crippen molar-refractivity contribution in [2.75, 3.05) is 37.6 Å². The van der Waals surface area contributed by atoms with Gasteiger partial charge < -0.3 is 20.1 Å². The molecule has 7 heteroatoms. The number of nitrogens with two attached hydrogens (primary N) is 1. The Morgan fingerprint density at radius 2 is 1.92 bits per heavy atom. The Morgan fingerprint density at radius 1 is 1.21 bits per heavy atom. The van der Waals surface area contributed by atoms with Crippen LogP contribution in [-0.2, 0) is 6.54 Å². The molecule has 0 unspecified atom stereocenters. The summed E-state index contributed by atoms with van der Waals surface area (Å²) in [6, 6.07) is 6.62. The Labute approximate surface area is 141 Å². The van der Waals surface area contributed by atoms with Crippen molar-refractivity contribution in [3.63, 3.8) is 0 Å². The summed E-state index contributed by atoms with van der Waals surface area (Å²) in [5.41, 5.74) is 7.16. The van der Waals surface area contributed by atoms with Crippen molar-refractivity contribution in [3.8, 4) is 0 Å². The largest absolute Gasteiger partial charge is 0.370 e. The van der Waals surface area contributed by atoms with Crippen LogP contribution in [-0.4, -0.2) is 53.1 Å². The molecule has 6 nitrogen and oxygen atoms in total. The number of guanidine groups is 1. The molecule has 1 saturated heterocycles. The zero-order chi connectivity index (χ0) is 16.9. The molecule has 128 valence electrons. The van der Waals surface area contributed by atoms with Crippen molar-refractivity contribution in [2.24, 2.45) is 10.7 Å². The number of aliphatic imine (C=N–C) groups is 1. The van der Waals surface area contributed by atoms with E-state index in [0.717, 1.165) is 44.2 Å². The predicted octanol–water partition coefficient (Wildman–Crippen LogP) is 1.47. The molecule has 0 aliphatic carbocycles. The first kappa shape index (κ1) is 16.3. The van der Waals surface area contributed by atoms with Gasteiger partial charge in [0.1, 0.15) is 11.6 Å². The van der Waals surface area contributed by atoms with E-state index in [1.165, 1.54) is 12.1 Å². The van der Waals surface area contributed by atoms with Crippen LogP contribution in [0.15, 0.2) is 41.7 Å². The predicted molar refractivity (Wildman–Crippen MR) is 93.6 cm³/mol. The molecule has 1 aliphatic rings. The van der Waals surface area contributed by atoms with Gasteiger partial charge in [0.05, 0.1) is 6.54 Å². The van der Waals surface area contributed by atoms with Crippen LogP contribution < -0.4 is 10.6 Å². The van der Waals surface area contributed by atoms with E-state index in [2.05, 4.69) is 24.3 Å². The van der Waals surface area contributed by atoms with Crippen LogP contribution >= 0.6 is 0 Å². The molecule has 3 rings (SSSR count). The Balaban J connectivity index is 1.49. The van der Waals surface area contributed by atoms with Crippen LogP contribution in [0.2, 0.25) is 0 Å². The van der Waals surface area contributed by atoms with Crippen LogP contribution in [0.25, 0.3) is 0 Å². The van der Waals surface area contributed by atoms with Gasteiger partial charge in [-0.1, -0.05) is 0 Å². The molecule has 2 aromatic rings. The maximum atomic E-state index is 13.0. The van der Waals surface area contributed by atoms with Gasteiger partial charge in [0.15, 0.2) is 5.96 Å². The Bertz CT molecular complexity index is 685. The van der Waals surface area contributed by atoms with Crippen molar-refractivity contribution in [2.45, 2.75) is 13.5 Å². The third-order valence-electron chi connectivity index (χ3n) is 4.33. The molecule has 2 N–H and O–H groups in total. The molecule has 0 amide bonds. The summed E-state index contributed by atoms with van der Waals surface area (Å²) in [6.45, 7) is 6.73. The van der Waals surface area contributed by atoms with Gasteiger partial charge in [-0.15, -0.1) is 0 Å². The van der Waals surface area contributed by atoms with E-state index in [0.29, 0.717) is 12.5 Å². The fourth-order valence-electron chi connectivity index (χ4n) is 2.86. The molecule has 1 aliphatic heterocycles. The summed E-state index contributed by atoms with van der Waals surface area (Å²) in [4.78, 5) is 13.0. The summed E-state index contributed by atoms with van der Waals surface area (Å²) in [5.74, 6) is 1.37. The van der Waals surface area contributed by atoms with Crippen molar-refractivity contribution < 1.29 is 4.39 Å². The van der Waals surface area contributed by atoms with Crippen LogP contribution in [0.4, 0.5) is 10.1 Å². The summed E-state index contributed by atoms with van der Waals surface area (Å²) in [7, 11) is 0. The normalized spacial score (nSPS) is 15.8. The van der Waals surface area contributed by atoms with Gasteiger partial charge in [0, 0.05) is 50.8 Å². The quantitative estimate of drug-likeness (QED) is 0.681. The highest BCUT2D eigenvalue weighted by Gasteiger charge is 2.18. The summed E-state index contributed by atoms with van der Waals surface area (Å²) >= 11 is 0. The summed E-state index contributed by atoms with van der Waals surface area (Å²) in [6.07, 6.45) is 3.74. The topological polar surface area (TPSA) is 62.7 Å². The molecule has 24 heavy (non-hydrogen) atoms.